The van der Waals surface area contributed by atoms with Crippen LogP contribution in [0.5, 0.6) is 6.01 Å². The molecule has 0 aromatic carbocycles. The molecule has 7 rings (SSSR count). The number of hydrogen-bond donors (Lipinski definition) is 1. The minimum absolute atomic E-state index is 0.00271. The number of allylic oxidation sites excluding steroid dienone is 4. The number of anilines is 1. The molecule has 10 nitrogen and oxygen atoms in total. The number of thioether (sulfide) groups is 1. The molecule has 4 heterocycles. The minimum Gasteiger partial charge on any atom is -0.463 e. The van der Waals surface area contributed by atoms with E-state index in [1.165, 1.54) is 12.2 Å². The molecule has 3 fully saturated rings. The second-order valence-electron chi connectivity index (χ2n) is 14.1. The zero-order valence-corrected chi connectivity index (χ0v) is 28.2. The molecule has 0 bridgehead atoms. The number of rotatable bonds is 10. The smallest absolute Gasteiger partial charge is 0.319 e. The zero-order valence-electron chi connectivity index (χ0n) is 27.4. The molecule has 3 aliphatic carbocycles. The van der Waals surface area contributed by atoms with Crippen molar-refractivity contribution in [1.29, 1.82) is 5.26 Å². The topological polar surface area (TPSA) is 117 Å². The van der Waals surface area contributed by atoms with Gasteiger partial charge < -0.3 is 25.0 Å². The summed E-state index contributed by atoms with van der Waals surface area (Å²) in [6.45, 7) is 6.64. The van der Waals surface area contributed by atoms with Crippen molar-refractivity contribution in [2.45, 2.75) is 55.9 Å². The van der Waals surface area contributed by atoms with Crippen molar-refractivity contribution in [3.63, 3.8) is 0 Å². The zero-order chi connectivity index (χ0) is 33.1. The van der Waals surface area contributed by atoms with Crippen LogP contribution in [0.2, 0.25) is 0 Å². The van der Waals surface area contributed by atoms with E-state index in [2.05, 4.69) is 51.8 Å². The lowest BCUT2D eigenvalue weighted by Crippen LogP contribution is -2.56. The van der Waals surface area contributed by atoms with Crippen LogP contribution in [0.3, 0.4) is 0 Å². The van der Waals surface area contributed by atoms with Gasteiger partial charge in [0.05, 0.1) is 46.6 Å². The summed E-state index contributed by atoms with van der Waals surface area (Å²) in [5.74, 6) is -1.27. The van der Waals surface area contributed by atoms with Gasteiger partial charge in [-0.2, -0.15) is 15.2 Å². The van der Waals surface area contributed by atoms with Crippen molar-refractivity contribution in [2.24, 2.45) is 17.1 Å². The van der Waals surface area contributed by atoms with Gasteiger partial charge in [-0.1, -0.05) is 17.8 Å². The van der Waals surface area contributed by atoms with Crippen LogP contribution in [-0.4, -0.2) is 102 Å². The van der Waals surface area contributed by atoms with Crippen LogP contribution >= 0.6 is 11.8 Å². The van der Waals surface area contributed by atoms with Gasteiger partial charge in [-0.3, -0.25) is 9.88 Å². The highest BCUT2D eigenvalue weighted by atomic mass is 32.2. The fourth-order valence-electron chi connectivity index (χ4n) is 7.50. The third-order valence-electron chi connectivity index (χ3n) is 10.7. The molecule has 2 saturated carbocycles. The van der Waals surface area contributed by atoms with Crippen molar-refractivity contribution >= 4 is 34.1 Å². The normalized spacial score (nSPS) is 26.4. The van der Waals surface area contributed by atoms with Crippen LogP contribution in [0.4, 0.5) is 14.6 Å². The molecule has 2 aromatic heterocycles. The highest BCUT2D eigenvalue weighted by Crippen LogP contribution is 2.52. The highest BCUT2D eigenvalue weighted by Gasteiger charge is 2.46. The second kappa shape index (κ2) is 12.3. The Morgan fingerprint density at radius 3 is 2.64 bits per heavy atom. The monoisotopic (exact) mass is 664 g/mol. The maximum atomic E-state index is 16.8. The summed E-state index contributed by atoms with van der Waals surface area (Å²) in [6, 6.07) is 2.23. The quantitative estimate of drug-likeness (QED) is 0.383. The summed E-state index contributed by atoms with van der Waals surface area (Å²) >= 11 is 1.08. The first-order valence-corrected chi connectivity index (χ1v) is 17.3. The predicted octanol–water partition coefficient (Wildman–Crippen LogP) is 4.64. The molecule has 3 atom stereocenters. The Morgan fingerprint density at radius 2 is 1.98 bits per heavy atom. The lowest BCUT2D eigenvalue weighted by atomic mass is 9.75. The van der Waals surface area contributed by atoms with E-state index in [0.717, 1.165) is 70.1 Å². The molecule has 0 radical (unpaired) electrons. The Bertz CT molecular complexity index is 1710. The van der Waals surface area contributed by atoms with E-state index >= 15 is 4.39 Å². The minimum atomic E-state index is -0.745. The number of morpholine rings is 1. The van der Waals surface area contributed by atoms with Crippen LogP contribution in [0, 0.1) is 28.5 Å². The molecule has 47 heavy (non-hydrogen) atoms. The van der Waals surface area contributed by atoms with Gasteiger partial charge in [0.1, 0.15) is 22.9 Å². The summed E-state index contributed by atoms with van der Waals surface area (Å²) in [5, 5.41) is 9.84. The molecule has 1 saturated heterocycles. The Hall–Kier alpha value is -3.31. The Labute approximate surface area is 278 Å². The lowest BCUT2D eigenvalue weighted by Gasteiger charge is -2.49. The predicted molar refractivity (Wildman–Crippen MR) is 179 cm³/mol. The van der Waals surface area contributed by atoms with E-state index in [1.54, 1.807) is 6.20 Å². The number of likely N-dealkylation sites (N-methyl/N-ethyl adjacent to an activating group) is 2. The average Bonchev–Trinajstić information content (AvgIpc) is 3.70. The summed E-state index contributed by atoms with van der Waals surface area (Å²) in [6.07, 6.45) is 9.96. The van der Waals surface area contributed by atoms with Crippen LogP contribution in [0.15, 0.2) is 34.8 Å². The van der Waals surface area contributed by atoms with Crippen LogP contribution in [-0.2, 0) is 4.74 Å². The fourth-order valence-corrected chi connectivity index (χ4v) is 8.69. The van der Waals surface area contributed by atoms with E-state index in [9.17, 15) is 9.65 Å². The summed E-state index contributed by atoms with van der Waals surface area (Å²) in [5.41, 5.74) is 6.82. The van der Waals surface area contributed by atoms with Crippen LogP contribution in [0.25, 0.3) is 16.5 Å². The number of hydrogen-bond acceptors (Lipinski definition) is 11. The molecule has 250 valence electrons. The number of nitrogens with two attached hydrogens (primary N) is 1. The van der Waals surface area contributed by atoms with Crippen molar-refractivity contribution in [2.75, 3.05) is 65.4 Å². The number of fused-ring (bicyclic) bond motifs is 2. The Kier molecular flexibility index (Phi) is 8.43. The first kappa shape index (κ1) is 32.2. The fraction of sp³-hybridized carbons (Fsp3) is 0.588. The number of nitriles is 1. The molecule has 2 N–H and O–H groups in total. The maximum Gasteiger partial charge on any atom is 0.319 e. The van der Waals surface area contributed by atoms with Gasteiger partial charge in [-0.25, -0.2) is 8.78 Å². The molecule has 2 unspecified atom stereocenters. The van der Waals surface area contributed by atoms with Gasteiger partial charge in [0.15, 0.2) is 5.82 Å². The van der Waals surface area contributed by atoms with E-state index in [-0.39, 0.29) is 44.9 Å². The standard InChI is InChI=1S/C34H42F2N8O2S/c1-20-16-44(12-13-45-20)17-33(10-11-33)19-46-32-40-28-23(31(41-32)43(4)18-34(42(2)3)8-5-9-34)15-39-27(26(28)36)21-6-7-24(35)29-25(21)22(14-37)30(38)47-29/h6-7,15,20,25,29H,5,8-13,16-19,38H2,1-4H3/t20-,25?,29?/m1/s1. The van der Waals surface area contributed by atoms with Crippen LogP contribution < -0.4 is 15.4 Å². The van der Waals surface area contributed by atoms with Crippen molar-refractivity contribution in [1.82, 2.24) is 24.8 Å². The second-order valence-corrected chi connectivity index (χ2v) is 15.3. The molecule has 5 aliphatic rings. The Morgan fingerprint density at radius 1 is 1.19 bits per heavy atom. The van der Waals surface area contributed by atoms with Crippen molar-refractivity contribution < 1.29 is 18.3 Å². The molecule has 2 aliphatic heterocycles. The molecular weight excluding hydrogens is 622 g/mol. The highest BCUT2D eigenvalue weighted by molar-refractivity contribution is 8.04. The van der Waals surface area contributed by atoms with E-state index in [1.807, 2.05) is 7.05 Å². The van der Waals surface area contributed by atoms with Crippen molar-refractivity contribution in [3.8, 4) is 12.1 Å². The van der Waals surface area contributed by atoms with Gasteiger partial charge in [-0.15, -0.1) is 0 Å². The number of pyridine rings is 1. The summed E-state index contributed by atoms with van der Waals surface area (Å²) in [4.78, 5) is 20.8. The molecule has 0 amide bonds. The van der Waals surface area contributed by atoms with Crippen LogP contribution in [0.1, 0.15) is 44.7 Å². The Balaban J connectivity index is 1.25. The van der Waals surface area contributed by atoms with E-state index in [0.29, 0.717) is 29.9 Å². The number of nitrogens with zero attached hydrogens (tertiary/aromatic N) is 7. The first-order valence-electron chi connectivity index (χ1n) is 16.4. The maximum absolute atomic E-state index is 16.8. The largest absolute Gasteiger partial charge is 0.463 e. The average molecular weight is 665 g/mol. The van der Waals surface area contributed by atoms with Gasteiger partial charge in [-0.05, 0) is 64.8 Å². The number of halogens is 2. The van der Waals surface area contributed by atoms with Gasteiger partial charge in [0, 0.05) is 56.3 Å². The number of ether oxygens (including phenoxy) is 2. The first-order chi connectivity index (χ1) is 22.5. The molecular formula is C34H42F2N8O2S. The SMILES string of the molecule is C[C@@H]1CN(CC2(COc3nc(N(C)CC4(N(C)C)CCC4)c4cnc(C5=CC=C(F)C6SC(N)=C(C#N)C56)c(F)c4n3)CC2)CCO1. The molecule has 13 heteroatoms. The van der Waals surface area contributed by atoms with Gasteiger partial charge in [0.25, 0.3) is 0 Å². The van der Waals surface area contributed by atoms with E-state index in [4.69, 9.17) is 20.2 Å². The molecule has 0 spiro atoms. The third-order valence-corrected chi connectivity index (χ3v) is 11.9. The molecule has 2 aromatic rings. The van der Waals surface area contributed by atoms with Gasteiger partial charge >= 0.3 is 6.01 Å². The number of aromatic nitrogens is 3. The lowest BCUT2D eigenvalue weighted by molar-refractivity contribution is -0.0273. The summed E-state index contributed by atoms with van der Waals surface area (Å²) in [7, 11) is 6.16. The van der Waals surface area contributed by atoms with Crippen molar-refractivity contribution in [3.05, 3.63) is 46.3 Å². The van der Waals surface area contributed by atoms with Gasteiger partial charge in [0.2, 0.25) is 0 Å². The summed E-state index contributed by atoms with van der Waals surface area (Å²) < 4.78 is 43.7. The third kappa shape index (κ3) is 5.87. The van der Waals surface area contributed by atoms with E-state index < -0.39 is 22.8 Å².